The first-order chi connectivity index (χ1) is 12.8. The van der Waals surface area contributed by atoms with Gasteiger partial charge in [0.15, 0.2) is 0 Å². The molecule has 0 aliphatic carbocycles. The van der Waals surface area contributed by atoms with Gasteiger partial charge < -0.3 is 14.5 Å². The average Bonchev–Trinajstić information content (AvgIpc) is 3.09. The molecule has 1 amide bonds. The fourth-order valence-corrected chi connectivity index (χ4v) is 4.98. The number of hydrogen-bond donors (Lipinski definition) is 1. The lowest BCUT2D eigenvalue weighted by Gasteiger charge is -2.33. The molecule has 4 rings (SSSR count). The van der Waals surface area contributed by atoms with Crippen molar-refractivity contribution in [3.63, 3.8) is 0 Å². The molecule has 1 saturated heterocycles. The summed E-state index contributed by atoms with van der Waals surface area (Å²) >= 11 is 0. The lowest BCUT2D eigenvalue weighted by molar-refractivity contribution is 0.0827. The molecule has 2 aliphatic heterocycles. The molecule has 2 aliphatic rings. The molecule has 1 N–H and O–H groups in total. The van der Waals surface area contributed by atoms with Crippen LogP contribution in [0.2, 0.25) is 0 Å². The van der Waals surface area contributed by atoms with E-state index in [9.17, 15) is 13.2 Å². The Morgan fingerprint density at radius 3 is 2.74 bits per heavy atom. The summed E-state index contributed by atoms with van der Waals surface area (Å²) in [6.07, 6.45) is 1.60. The average molecular weight is 387 g/mol. The lowest BCUT2D eigenvalue weighted by Crippen LogP contribution is -2.48. The number of anilines is 1. The van der Waals surface area contributed by atoms with Crippen molar-refractivity contribution >= 4 is 21.6 Å². The highest BCUT2D eigenvalue weighted by molar-refractivity contribution is 7.89. The molecule has 0 spiro atoms. The quantitative estimate of drug-likeness (QED) is 0.875. The molecule has 2 aromatic carbocycles. The van der Waals surface area contributed by atoms with Gasteiger partial charge in [0.25, 0.3) is 5.91 Å². The van der Waals surface area contributed by atoms with E-state index < -0.39 is 10.0 Å². The van der Waals surface area contributed by atoms with E-state index in [0.29, 0.717) is 22.7 Å². The predicted molar refractivity (Wildman–Crippen MR) is 102 cm³/mol. The van der Waals surface area contributed by atoms with E-state index in [1.807, 2.05) is 0 Å². The Morgan fingerprint density at radius 1 is 1.19 bits per heavy atom. The number of fused-ring (bicyclic) bond motifs is 3. The maximum absolute atomic E-state index is 12.6. The third-order valence-corrected chi connectivity index (χ3v) is 6.29. The number of carbonyl (C=O) groups excluding carboxylic acids is 1. The number of hydrogen-bond acceptors (Lipinski definition) is 5. The Morgan fingerprint density at radius 2 is 1.96 bits per heavy atom. The first-order valence-corrected chi connectivity index (χ1v) is 10.3. The van der Waals surface area contributed by atoms with Gasteiger partial charge in [-0.1, -0.05) is 6.07 Å². The number of amides is 1. The highest BCUT2D eigenvalue weighted by Gasteiger charge is 2.37. The number of benzene rings is 2. The van der Waals surface area contributed by atoms with Crippen LogP contribution in [0.1, 0.15) is 23.2 Å². The van der Waals surface area contributed by atoms with Gasteiger partial charge in [0, 0.05) is 32.3 Å². The van der Waals surface area contributed by atoms with Crippen LogP contribution in [0.5, 0.6) is 11.5 Å². The van der Waals surface area contributed by atoms with Crippen molar-refractivity contribution in [3.05, 3.63) is 48.0 Å². The zero-order valence-corrected chi connectivity index (χ0v) is 16.0. The molecule has 0 bridgehead atoms. The second-order valence-corrected chi connectivity index (χ2v) is 8.61. The Hall–Kier alpha value is -2.58. The van der Waals surface area contributed by atoms with Gasteiger partial charge >= 0.3 is 0 Å². The van der Waals surface area contributed by atoms with Crippen LogP contribution in [-0.4, -0.2) is 46.0 Å². The van der Waals surface area contributed by atoms with E-state index in [1.165, 1.54) is 11.0 Å². The Labute approximate surface area is 158 Å². The lowest BCUT2D eigenvalue weighted by atomic mass is 10.2. The minimum absolute atomic E-state index is 0.127. The summed E-state index contributed by atoms with van der Waals surface area (Å²) in [4.78, 5) is 15.9. The van der Waals surface area contributed by atoms with Gasteiger partial charge in [0.1, 0.15) is 16.4 Å². The maximum Gasteiger partial charge on any atom is 0.253 e. The minimum Gasteiger partial charge on any atom is -0.457 e. The summed E-state index contributed by atoms with van der Waals surface area (Å²) in [5, 5.41) is 0. The van der Waals surface area contributed by atoms with Crippen LogP contribution in [0, 0.1) is 0 Å². The number of rotatable bonds is 3. The summed E-state index contributed by atoms with van der Waals surface area (Å²) < 4.78 is 33.8. The first-order valence-electron chi connectivity index (χ1n) is 8.78. The van der Waals surface area contributed by atoms with Gasteiger partial charge in [-0.15, -0.1) is 0 Å². The van der Waals surface area contributed by atoms with Crippen LogP contribution >= 0.6 is 0 Å². The fraction of sp³-hybridized carbons (Fsp3) is 0.316. The molecule has 2 aromatic rings. The third kappa shape index (κ3) is 3.26. The monoisotopic (exact) mass is 387 g/mol. The second kappa shape index (κ2) is 6.54. The molecule has 2 heterocycles. The van der Waals surface area contributed by atoms with E-state index in [1.54, 1.807) is 50.5 Å². The van der Waals surface area contributed by atoms with Crippen molar-refractivity contribution in [2.45, 2.75) is 23.9 Å². The van der Waals surface area contributed by atoms with E-state index in [4.69, 9.17) is 4.74 Å². The van der Waals surface area contributed by atoms with Crippen LogP contribution in [-0.2, 0) is 10.0 Å². The molecule has 0 aromatic heterocycles. The van der Waals surface area contributed by atoms with Gasteiger partial charge in [-0.3, -0.25) is 4.79 Å². The van der Waals surface area contributed by atoms with Crippen molar-refractivity contribution in [1.29, 1.82) is 0 Å². The zero-order chi connectivity index (χ0) is 19.2. The van der Waals surface area contributed by atoms with Crippen molar-refractivity contribution in [3.8, 4) is 11.5 Å². The van der Waals surface area contributed by atoms with Gasteiger partial charge in [-0.05, 0) is 43.2 Å². The SMILES string of the molecule is CN(C)C(=O)c1cccc(Oc2ccc3c(c2)S(=O)(=O)NC2CCCN32)c1. The molecular weight excluding hydrogens is 366 g/mol. The van der Waals surface area contributed by atoms with E-state index in [0.717, 1.165) is 19.4 Å². The first kappa shape index (κ1) is 17.8. The molecule has 1 unspecified atom stereocenters. The number of sulfonamides is 1. The highest BCUT2D eigenvalue weighted by atomic mass is 32.2. The van der Waals surface area contributed by atoms with Crippen molar-refractivity contribution in [1.82, 2.24) is 9.62 Å². The van der Waals surface area contributed by atoms with Gasteiger partial charge in [0.2, 0.25) is 10.0 Å². The number of ether oxygens (including phenoxy) is 1. The summed E-state index contributed by atoms with van der Waals surface area (Å²) in [6, 6.07) is 11.9. The normalized spacial score (nSPS) is 19.9. The Balaban J connectivity index is 1.65. The predicted octanol–water partition coefficient (Wildman–Crippen LogP) is 2.40. The molecule has 0 saturated carbocycles. The number of carbonyl (C=O) groups is 1. The molecule has 8 heteroatoms. The largest absolute Gasteiger partial charge is 0.457 e. The van der Waals surface area contributed by atoms with Crippen LogP contribution < -0.4 is 14.4 Å². The van der Waals surface area contributed by atoms with Crippen molar-refractivity contribution in [2.75, 3.05) is 25.5 Å². The van der Waals surface area contributed by atoms with Gasteiger partial charge in [-0.25, -0.2) is 8.42 Å². The van der Waals surface area contributed by atoms with E-state index >= 15 is 0 Å². The smallest absolute Gasteiger partial charge is 0.253 e. The summed E-state index contributed by atoms with van der Waals surface area (Å²) in [5.74, 6) is 0.756. The number of nitrogens with zero attached hydrogens (tertiary/aromatic N) is 2. The van der Waals surface area contributed by atoms with Crippen LogP contribution in [0.4, 0.5) is 5.69 Å². The molecule has 1 atom stereocenters. The van der Waals surface area contributed by atoms with E-state index in [-0.39, 0.29) is 17.0 Å². The number of nitrogens with one attached hydrogen (secondary N) is 1. The molecule has 27 heavy (non-hydrogen) atoms. The standard InChI is InChI=1S/C19H21N3O4S/c1-21(2)19(23)13-5-3-6-14(11-13)26-15-8-9-16-17(12-15)27(24,25)20-18-7-4-10-22(16)18/h3,5-6,8-9,11-12,18,20H,4,7,10H2,1-2H3. The molecule has 7 nitrogen and oxygen atoms in total. The summed E-state index contributed by atoms with van der Waals surface area (Å²) in [7, 11) is -0.210. The Bertz CT molecular complexity index is 1000. The van der Waals surface area contributed by atoms with Gasteiger partial charge in [-0.2, -0.15) is 4.72 Å². The summed E-state index contributed by atoms with van der Waals surface area (Å²) in [5.41, 5.74) is 1.21. The van der Waals surface area contributed by atoms with Crippen LogP contribution in [0.15, 0.2) is 47.4 Å². The summed E-state index contributed by atoms with van der Waals surface area (Å²) in [6.45, 7) is 0.828. The topological polar surface area (TPSA) is 78.9 Å². The molecular formula is C19H21N3O4S. The van der Waals surface area contributed by atoms with Crippen LogP contribution in [0.25, 0.3) is 0 Å². The van der Waals surface area contributed by atoms with Crippen LogP contribution in [0.3, 0.4) is 0 Å². The zero-order valence-electron chi connectivity index (χ0n) is 15.2. The fourth-order valence-electron chi connectivity index (χ4n) is 3.52. The molecule has 0 radical (unpaired) electrons. The van der Waals surface area contributed by atoms with Gasteiger partial charge in [0.05, 0.1) is 11.9 Å². The van der Waals surface area contributed by atoms with Crippen molar-refractivity contribution < 1.29 is 17.9 Å². The molecule has 142 valence electrons. The second-order valence-electron chi connectivity index (χ2n) is 6.93. The minimum atomic E-state index is -3.58. The van der Waals surface area contributed by atoms with E-state index in [2.05, 4.69) is 9.62 Å². The Kier molecular flexibility index (Phi) is 4.32. The van der Waals surface area contributed by atoms with Crippen molar-refractivity contribution in [2.24, 2.45) is 0 Å². The maximum atomic E-state index is 12.6. The molecule has 1 fully saturated rings. The highest BCUT2D eigenvalue weighted by Crippen LogP contribution is 2.38. The third-order valence-electron chi connectivity index (χ3n) is 4.80.